The Labute approximate surface area is 292 Å². The first-order valence-electron chi connectivity index (χ1n) is 13.7. The zero-order valence-corrected chi connectivity index (χ0v) is 25.6. The molecule has 0 amide bonds. The third-order valence-electron chi connectivity index (χ3n) is 7.53. The molecule has 0 saturated heterocycles. The number of alkyl halides is 3. The molecule has 8 heteroatoms. The number of nitrogens with zero attached hydrogens (tertiary/aromatic N) is 2. The molecule has 1 aliphatic carbocycles. The second-order valence-electron chi connectivity index (χ2n) is 10.1. The first-order valence-corrected chi connectivity index (χ1v) is 13.7. The fraction of sp³-hybridized carbons (Fsp3) is 0.0833. The Balaban J connectivity index is 0.000000187. The fourth-order valence-electron chi connectivity index (χ4n) is 5.47. The molecular formula is C36H25EuF3N2O2. The van der Waals surface area contributed by atoms with Gasteiger partial charge in [0, 0.05) is 83.7 Å². The van der Waals surface area contributed by atoms with Gasteiger partial charge in [0.2, 0.25) is 0 Å². The maximum atomic E-state index is 12.3. The summed E-state index contributed by atoms with van der Waals surface area (Å²) in [6.45, 7) is 0. The number of hydrogen-bond donors (Lipinski definition) is 1. The molecule has 2 heterocycles. The van der Waals surface area contributed by atoms with Crippen LogP contribution in [0.2, 0.25) is 0 Å². The molecule has 4 nitrogen and oxygen atoms in total. The monoisotopic (exact) mass is 727 g/mol. The zero-order valence-electron chi connectivity index (χ0n) is 23.2. The molecule has 0 aliphatic heterocycles. The van der Waals surface area contributed by atoms with Crippen LogP contribution in [0.1, 0.15) is 17.5 Å². The molecule has 0 unspecified atom stereocenters. The van der Waals surface area contributed by atoms with Crippen LogP contribution in [0.25, 0.3) is 49.8 Å². The van der Waals surface area contributed by atoms with Crippen molar-refractivity contribution >= 4 is 33.3 Å². The first kappa shape index (κ1) is 31.7. The van der Waals surface area contributed by atoms with Crippen LogP contribution in [-0.4, -0.2) is 27.0 Å². The van der Waals surface area contributed by atoms with E-state index < -0.39 is 23.3 Å². The van der Waals surface area contributed by atoms with E-state index in [0.717, 1.165) is 27.4 Å². The van der Waals surface area contributed by atoms with Crippen LogP contribution in [0, 0.1) is 49.4 Å². The SMILES string of the molecule is O=C(C1=C(O)c2ccccc2CC1)C(F)(F)F.[Eu].c1ccc(-c2ccnc3c2ccc2c(-c4ccccc4)ccnc23)cc1. The van der Waals surface area contributed by atoms with Gasteiger partial charge in [-0.2, -0.15) is 13.2 Å². The van der Waals surface area contributed by atoms with E-state index in [2.05, 4.69) is 82.8 Å². The van der Waals surface area contributed by atoms with Crippen molar-refractivity contribution < 1.29 is 72.4 Å². The van der Waals surface area contributed by atoms with E-state index in [9.17, 15) is 23.1 Å². The maximum absolute atomic E-state index is 12.3. The van der Waals surface area contributed by atoms with Crippen LogP contribution in [0.3, 0.4) is 0 Å². The first-order chi connectivity index (χ1) is 20.8. The second kappa shape index (κ2) is 13.5. The summed E-state index contributed by atoms with van der Waals surface area (Å²) in [4.78, 5) is 20.4. The number of pyridine rings is 2. The smallest absolute Gasteiger partial charge is 0.454 e. The second-order valence-corrected chi connectivity index (χ2v) is 10.1. The third kappa shape index (κ3) is 6.39. The third-order valence-corrected chi connectivity index (χ3v) is 7.53. The quantitative estimate of drug-likeness (QED) is 0.185. The normalized spacial score (nSPS) is 12.6. The fourth-order valence-corrected chi connectivity index (χ4v) is 5.47. The average molecular weight is 727 g/mol. The summed E-state index contributed by atoms with van der Waals surface area (Å²) in [6, 6.07) is 35.9. The minimum absolute atomic E-state index is 0. The van der Waals surface area contributed by atoms with Crippen LogP contribution >= 0.6 is 0 Å². The van der Waals surface area contributed by atoms with Crippen molar-refractivity contribution in [1.29, 1.82) is 0 Å². The summed E-state index contributed by atoms with van der Waals surface area (Å²) in [7, 11) is 0. The predicted molar refractivity (Wildman–Crippen MR) is 163 cm³/mol. The maximum Gasteiger partial charge on any atom is 0.454 e. The minimum Gasteiger partial charge on any atom is -0.507 e. The number of aliphatic hydroxyl groups is 1. The number of ketones is 1. The number of aryl methyl sites for hydroxylation is 1. The van der Waals surface area contributed by atoms with Gasteiger partial charge in [-0.15, -0.1) is 0 Å². The van der Waals surface area contributed by atoms with Gasteiger partial charge in [-0.3, -0.25) is 14.8 Å². The predicted octanol–water partition coefficient (Wildman–Crippen LogP) is 9.15. The largest absolute Gasteiger partial charge is 0.507 e. The Morgan fingerprint density at radius 1 is 0.614 bits per heavy atom. The summed E-state index contributed by atoms with van der Waals surface area (Å²) in [5.74, 6) is -2.50. The van der Waals surface area contributed by atoms with Gasteiger partial charge in [0.15, 0.2) is 0 Å². The van der Waals surface area contributed by atoms with Gasteiger partial charge >= 0.3 is 6.18 Å². The molecule has 1 aliphatic rings. The summed E-state index contributed by atoms with van der Waals surface area (Å²) in [5.41, 5.74) is 7.17. The molecule has 219 valence electrons. The number of aromatic nitrogens is 2. The Kier molecular flexibility index (Phi) is 9.73. The van der Waals surface area contributed by atoms with Crippen molar-refractivity contribution in [2.45, 2.75) is 19.0 Å². The zero-order chi connectivity index (χ0) is 30.0. The van der Waals surface area contributed by atoms with Crippen LogP contribution < -0.4 is 0 Å². The molecule has 1 radical (unpaired) electrons. The van der Waals surface area contributed by atoms with Gasteiger partial charge in [-0.05, 0) is 52.8 Å². The summed E-state index contributed by atoms with van der Waals surface area (Å²) in [5, 5.41) is 12.0. The molecule has 2 aromatic heterocycles. The van der Waals surface area contributed by atoms with Crippen molar-refractivity contribution in [3.05, 3.63) is 138 Å². The minimum atomic E-state index is -4.93. The van der Waals surface area contributed by atoms with Crippen molar-refractivity contribution in [3.8, 4) is 22.3 Å². The van der Waals surface area contributed by atoms with Crippen LogP contribution in [0.15, 0.2) is 127 Å². The molecule has 0 fully saturated rings. The Morgan fingerprint density at radius 3 is 1.59 bits per heavy atom. The Bertz CT molecular complexity index is 1890. The number of halogens is 3. The van der Waals surface area contributed by atoms with Gasteiger partial charge in [0.05, 0.1) is 11.0 Å². The van der Waals surface area contributed by atoms with Gasteiger partial charge in [0.1, 0.15) is 5.76 Å². The van der Waals surface area contributed by atoms with Crippen molar-refractivity contribution in [2.24, 2.45) is 0 Å². The van der Waals surface area contributed by atoms with Gasteiger partial charge < -0.3 is 5.11 Å². The van der Waals surface area contributed by atoms with E-state index >= 15 is 0 Å². The molecule has 44 heavy (non-hydrogen) atoms. The van der Waals surface area contributed by atoms with E-state index in [0.29, 0.717) is 12.0 Å². The van der Waals surface area contributed by atoms with E-state index in [1.165, 1.54) is 28.3 Å². The van der Waals surface area contributed by atoms with Gasteiger partial charge in [-0.1, -0.05) is 97.1 Å². The number of benzene rings is 4. The summed E-state index contributed by atoms with van der Waals surface area (Å²) >= 11 is 0. The number of hydrogen-bond acceptors (Lipinski definition) is 4. The molecule has 6 aromatic rings. The van der Waals surface area contributed by atoms with Crippen molar-refractivity contribution in [3.63, 3.8) is 0 Å². The molecule has 0 bridgehead atoms. The molecule has 7 rings (SSSR count). The topological polar surface area (TPSA) is 63.1 Å². The number of aliphatic hydroxyl groups excluding tert-OH is 1. The summed E-state index contributed by atoms with van der Waals surface area (Å²) in [6.07, 6.45) is -0.934. The van der Waals surface area contributed by atoms with Crippen LogP contribution in [0.4, 0.5) is 13.2 Å². The number of fused-ring (bicyclic) bond motifs is 4. The number of allylic oxidation sites excluding steroid dienone is 1. The van der Waals surface area contributed by atoms with Gasteiger partial charge in [0.25, 0.3) is 5.78 Å². The van der Waals surface area contributed by atoms with Crippen molar-refractivity contribution in [2.75, 3.05) is 0 Å². The van der Waals surface area contributed by atoms with Crippen molar-refractivity contribution in [1.82, 2.24) is 9.97 Å². The van der Waals surface area contributed by atoms with E-state index in [-0.39, 0.29) is 55.8 Å². The molecule has 0 spiro atoms. The van der Waals surface area contributed by atoms with E-state index in [1.54, 1.807) is 18.2 Å². The number of carbonyl (C=O) groups is 1. The number of rotatable bonds is 3. The van der Waals surface area contributed by atoms with Crippen LogP contribution in [-0.2, 0) is 11.2 Å². The average Bonchev–Trinajstić information content (AvgIpc) is 3.05. The Morgan fingerprint density at radius 2 is 1.09 bits per heavy atom. The Hall–Kier alpha value is -3.72. The van der Waals surface area contributed by atoms with Gasteiger partial charge in [-0.25, -0.2) is 0 Å². The standard InChI is InChI=1S/C24H16N2.C12H9F3O2.Eu/c1-3-7-17(8-4-1)19-13-15-25-23-21(19)11-12-22-20(14-16-26-24(22)23)18-9-5-2-6-10-18;13-12(14,15)11(17)9-6-5-7-3-1-2-4-8(7)10(9)16;/h1-16H;1-4,16H,5-6H2;. The van der Waals surface area contributed by atoms with Crippen LogP contribution in [0.5, 0.6) is 0 Å². The molecule has 4 aromatic carbocycles. The molecule has 0 saturated carbocycles. The summed E-state index contributed by atoms with van der Waals surface area (Å²) < 4.78 is 36.9. The van der Waals surface area contributed by atoms with E-state index in [4.69, 9.17) is 0 Å². The number of Topliss-reactive ketones (excluding diaryl/α,β-unsaturated/α-hetero) is 1. The molecule has 0 atom stereocenters. The molecular weight excluding hydrogens is 701 g/mol. The van der Waals surface area contributed by atoms with E-state index in [1.807, 2.05) is 24.5 Å². The number of carbonyl (C=O) groups excluding carboxylic acids is 1. The molecule has 1 N–H and O–H groups in total.